The maximum Gasteiger partial charge on any atom is 0.270 e. The summed E-state index contributed by atoms with van der Waals surface area (Å²) in [5.74, 6) is 1.69. The van der Waals surface area contributed by atoms with Crippen molar-refractivity contribution in [3.63, 3.8) is 0 Å². The molecule has 6 nitrogen and oxygen atoms in total. The fraction of sp³-hybridized carbons (Fsp3) is 0.182. The lowest BCUT2D eigenvalue weighted by Crippen LogP contribution is -2.32. The number of carbonyl (C=O) groups excluding carboxylic acids is 1. The van der Waals surface area contributed by atoms with Gasteiger partial charge in [-0.15, -0.1) is 0 Å². The molecule has 2 N–H and O–H groups in total. The van der Waals surface area contributed by atoms with Crippen molar-refractivity contribution in [1.29, 1.82) is 0 Å². The van der Waals surface area contributed by atoms with Gasteiger partial charge in [-0.1, -0.05) is 12.1 Å². The van der Waals surface area contributed by atoms with E-state index in [0.29, 0.717) is 25.4 Å². The number of H-pyrrole nitrogens is 2. The Balaban J connectivity index is 1.47. The number of fused-ring (bicyclic) bond motifs is 2. The second-order valence-corrected chi connectivity index (χ2v) is 8.03. The number of aromatic nitrogens is 3. The first-order valence-corrected chi connectivity index (χ1v) is 10.2. The molecular weight excluding hydrogens is 432 g/mol. The van der Waals surface area contributed by atoms with Gasteiger partial charge < -0.3 is 19.6 Å². The summed E-state index contributed by atoms with van der Waals surface area (Å²) in [5, 5.41) is 0. The lowest BCUT2D eigenvalue weighted by atomic mass is 10.0. The van der Waals surface area contributed by atoms with Crippen LogP contribution in [-0.4, -0.2) is 38.9 Å². The molecule has 2 aromatic heterocycles. The van der Waals surface area contributed by atoms with Crippen LogP contribution in [-0.2, 0) is 6.54 Å². The second kappa shape index (κ2) is 7.08. The van der Waals surface area contributed by atoms with Crippen molar-refractivity contribution in [2.75, 3.05) is 13.2 Å². The molecule has 0 spiro atoms. The largest absolute Gasteiger partial charge is 0.491 e. The van der Waals surface area contributed by atoms with Crippen LogP contribution < -0.4 is 4.74 Å². The summed E-state index contributed by atoms with van der Waals surface area (Å²) in [4.78, 5) is 25.5. The lowest BCUT2D eigenvalue weighted by molar-refractivity contribution is 0.0728. The molecule has 29 heavy (non-hydrogen) atoms. The number of hydrogen-bond acceptors (Lipinski definition) is 3. The van der Waals surface area contributed by atoms with Gasteiger partial charge in [0, 0.05) is 12.1 Å². The molecule has 0 atom stereocenters. The summed E-state index contributed by atoms with van der Waals surface area (Å²) in [5.41, 5.74) is 5.72. The molecule has 146 valence electrons. The third-order valence-electron chi connectivity index (χ3n) is 5.14. The first kappa shape index (κ1) is 18.0. The van der Waals surface area contributed by atoms with Gasteiger partial charge in [-0.05, 0) is 70.4 Å². The van der Waals surface area contributed by atoms with E-state index in [9.17, 15) is 4.79 Å². The van der Waals surface area contributed by atoms with Gasteiger partial charge >= 0.3 is 0 Å². The van der Waals surface area contributed by atoms with Gasteiger partial charge in [0.1, 0.15) is 23.9 Å². The molecule has 7 heteroatoms. The number of imidazole rings is 1. The Labute approximate surface area is 176 Å². The Bertz CT molecular complexity index is 1230. The molecule has 0 aliphatic carbocycles. The van der Waals surface area contributed by atoms with E-state index >= 15 is 0 Å². The first-order valence-electron chi connectivity index (χ1n) is 9.43. The minimum absolute atomic E-state index is 0.0353. The predicted molar refractivity (Wildman–Crippen MR) is 115 cm³/mol. The number of aryl methyl sites for hydroxylation is 1. The second-order valence-electron chi connectivity index (χ2n) is 7.17. The average Bonchev–Trinajstić information content (AvgIpc) is 3.24. The van der Waals surface area contributed by atoms with Crippen molar-refractivity contribution in [3.8, 4) is 16.9 Å². The van der Waals surface area contributed by atoms with E-state index < -0.39 is 0 Å². The molecule has 3 heterocycles. The predicted octanol–water partition coefficient (Wildman–Crippen LogP) is 4.66. The molecule has 0 saturated heterocycles. The van der Waals surface area contributed by atoms with E-state index in [1.807, 2.05) is 30.0 Å². The number of ether oxygens (including phenoxy) is 1. The molecule has 0 fully saturated rings. The number of halogens is 1. The molecule has 5 rings (SSSR count). The van der Waals surface area contributed by atoms with Crippen molar-refractivity contribution < 1.29 is 9.53 Å². The van der Waals surface area contributed by atoms with Gasteiger partial charge in [0.2, 0.25) is 0 Å². The topological polar surface area (TPSA) is 74.0 Å². The van der Waals surface area contributed by atoms with Crippen molar-refractivity contribution in [3.05, 3.63) is 70.2 Å². The van der Waals surface area contributed by atoms with Gasteiger partial charge in [0.25, 0.3) is 5.91 Å². The Morgan fingerprint density at radius 1 is 1.10 bits per heavy atom. The quantitative estimate of drug-likeness (QED) is 0.466. The van der Waals surface area contributed by atoms with Crippen LogP contribution in [0.2, 0.25) is 0 Å². The molecule has 0 radical (unpaired) electrons. The number of carbonyl (C=O) groups is 1. The van der Waals surface area contributed by atoms with Crippen molar-refractivity contribution in [2.45, 2.75) is 13.5 Å². The number of nitrogens with zero attached hydrogens (tertiary/aromatic N) is 2. The highest BCUT2D eigenvalue weighted by Crippen LogP contribution is 2.31. The van der Waals surface area contributed by atoms with Gasteiger partial charge in [-0.2, -0.15) is 0 Å². The summed E-state index contributed by atoms with van der Waals surface area (Å²) in [6, 6.07) is 16.0. The Morgan fingerprint density at radius 3 is 2.76 bits per heavy atom. The number of benzene rings is 2. The molecule has 4 aromatic rings. The summed E-state index contributed by atoms with van der Waals surface area (Å²) in [6.45, 7) is 3.47. The summed E-state index contributed by atoms with van der Waals surface area (Å²) < 4.78 is 6.70. The van der Waals surface area contributed by atoms with Gasteiger partial charge in [-0.3, -0.25) is 4.79 Å². The number of nitrogens with one attached hydrogen (secondary N) is 2. The average molecular weight is 451 g/mol. The minimum Gasteiger partial charge on any atom is -0.491 e. The van der Waals surface area contributed by atoms with Crippen molar-refractivity contribution >= 4 is 32.9 Å². The van der Waals surface area contributed by atoms with Gasteiger partial charge in [0.15, 0.2) is 0 Å². The fourth-order valence-corrected chi connectivity index (χ4v) is 4.07. The van der Waals surface area contributed by atoms with Crippen LogP contribution in [0.15, 0.2) is 53.1 Å². The monoisotopic (exact) mass is 450 g/mol. The molecule has 1 aliphatic rings. The summed E-state index contributed by atoms with van der Waals surface area (Å²) >= 11 is 3.36. The van der Waals surface area contributed by atoms with E-state index in [1.165, 1.54) is 0 Å². The van der Waals surface area contributed by atoms with Crippen LogP contribution in [0.4, 0.5) is 0 Å². The molecule has 1 aliphatic heterocycles. The van der Waals surface area contributed by atoms with Crippen molar-refractivity contribution in [1.82, 2.24) is 19.9 Å². The van der Waals surface area contributed by atoms with E-state index in [0.717, 1.165) is 43.9 Å². The van der Waals surface area contributed by atoms with E-state index in [4.69, 9.17) is 4.74 Å². The van der Waals surface area contributed by atoms with E-state index in [-0.39, 0.29) is 5.91 Å². The third-order valence-corrected chi connectivity index (χ3v) is 5.60. The third kappa shape index (κ3) is 3.42. The summed E-state index contributed by atoms with van der Waals surface area (Å²) in [6.07, 6.45) is 0. The Hall–Kier alpha value is -3.06. The number of hydrogen-bond donors (Lipinski definition) is 2. The fourth-order valence-electron chi connectivity index (χ4n) is 3.73. The van der Waals surface area contributed by atoms with Crippen LogP contribution in [0.3, 0.4) is 0 Å². The minimum atomic E-state index is -0.0353. The number of amides is 1. The Kier molecular flexibility index (Phi) is 4.39. The maximum absolute atomic E-state index is 12.9. The van der Waals surface area contributed by atoms with E-state index in [1.54, 1.807) is 6.07 Å². The highest BCUT2D eigenvalue weighted by molar-refractivity contribution is 9.10. The molecule has 2 aromatic carbocycles. The molecule has 0 saturated carbocycles. The van der Waals surface area contributed by atoms with Crippen LogP contribution in [0, 0.1) is 6.92 Å². The zero-order valence-corrected chi connectivity index (χ0v) is 17.4. The standard InChI is InChI=1S/C22H19BrN4O2/c1-13-24-17-4-2-15(11-19(17)25-13)14-3-6-20-16(10-14)12-27(8-9-29-20)22(28)18-5-7-21(23)26-18/h2-7,10-11,26H,8-9,12H2,1H3,(H,24,25). The van der Waals surface area contributed by atoms with Gasteiger partial charge in [-0.25, -0.2) is 4.98 Å². The summed E-state index contributed by atoms with van der Waals surface area (Å²) in [7, 11) is 0. The number of aromatic amines is 2. The van der Waals surface area contributed by atoms with Crippen LogP contribution in [0.5, 0.6) is 5.75 Å². The normalized spacial score (nSPS) is 13.8. The van der Waals surface area contributed by atoms with Crippen molar-refractivity contribution in [2.24, 2.45) is 0 Å². The highest BCUT2D eigenvalue weighted by atomic mass is 79.9. The molecule has 0 unspecified atom stereocenters. The van der Waals surface area contributed by atoms with Gasteiger partial charge in [0.05, 0.1) is 22.2 Å². The van der Waals surface area contributed by atoms with Crippen LogP contribution >= 0.6 is 15.9 Å². The van der Waals surface area contributed by atoms with E-state index in [2.05, 4.69) is 55.1 Å². The lowest BCUT2D eigenvalue weighted by Gasteiger charge is -2.19. The number of rotatable bonds is 2. The zero-order chi connectivity index (χ0) is 20.0. The first-order chi connectivity index (χ1) is 14.1. The Morgan fingerprint density at radius 2 is 1.93 bits per heavy atom. The smallest absolute Gasteiger partial charge is 0.270 e. The highest BCUT2D eigenvalue weighted by Gasteiger charge is 2.22. The van der Waals surface area contributed by atoms with Crippen LogP contribution in [0.25, 0.3) is 22.2 Å². The van der Waals surface area contributed by atoms with Crippen LogP contribution in [0.1, 0.15) is 21.9 Å². The SMILES string of the molecule is Cc1nc2ccc(-c3ccc4c(c3)CN(C(=O)c3ccc(Br)[nH]3)CCO4)cc2[nH]1. The maximum atomic E-state index is 12.9. The molecular formula is C22H19BrN4O2. The molecule has 0 bridgehead atoms. The molecule has 1 amide bonds. The zero-order valence-electron chi connectivity index (χ0n) is 15.8.